The number of carbonyl (C=O) groups excluding carboxylic acids is 1. The maximum Gasteiger partial charge on any atom is 0.235 e. The Kier molecular flexibility index (Phi) is 4.12. The number of rotatable bonds is 4. The summed E-state index contributed by atoms with van der Waals surface area (Å²) in [6, 6.07) is 14.8. The number of hydrogen-bond acceptors (Lipinski definition) is 3. The largest absolute Gasteiger partial charge is 0.483 e. The van der Waals surface area contributed by atoms with E-state index in [9.17, 15) is 4.79 Å². The summed E-state index contributed by atoms with van der Waals surface area (Å²) in [5.74, 6) is 0.704. The van der Waals surface area contributed by atoms with Gasteiger partial charge < -0.3 is 9.15 Å². The maximum absolute atomic E-state index is 12.2. The fourth-order valence-electron chi connectivity index (χ4n) is 1.95. The van der Waals surface area contributed by atoms with E-state index in [1.54, 1.807) is 6.07 Å². The Labute approximate surface area is 138 Å². The molecule has 0 saturated carbocycles. The highest BCUT2D eigenvalue weighted by Crippen LogP contribution is 2.33. The summed E-state index contributed by atoms with van der Waals surface area (Å²) in [6.45, 7) is -0.0823. The minimum Gasteiger partial charge on any atom is -0.483 e. The molecule has 0 bridgehead atoms. The van der Waals surface area contributed by atoms with Crippen LogP contribution in [-0.2, 0) is 0 Å². The van der Waals surface area contributed by atoms with E-state index in [4.69, 9.17) is 9.15 Å². The van der Waals surface area contributed by atoms with Gasteiger partial charge in [-0.3, -0.25) is 4.79 Å². The molecule has 5 heteroatoms. The predicted octanol–water partition coefficient (Wildman–Crippen LogP) is 5.22. The third kappa shape index (κ3) is 3.04. The molecule has 0 amide bonds. The van der Waals surface area contributed by atoms with Crippen LogP contribution in [0.2, 0.25) is 0 Å². The third-order valence-corrected chi connectivity index (χ3v) is 4.22. The maximum atomic E-state index is 12.2. The lowest BCUT2D eigenvalue weighted by atomic mass is 10.2. The molecule has 3 rings (SSSR count). The van der Waals surface area contributed by atoms with Crippen molar-refractivity contribution in [3.05, 3.63) is 63.2 Å². The van der Waals surface area contributed by atoms with Crippen molar-refractivity contribution in [3.63, 3.8) is 0 Å². The first kappa shape index (κ1) is 14.4. The number of benzene rings is 2. The fourth-order valence-corrected chi connectivity index (χ4v) is 3.18. The van der Waals surface area contributed by atoms with E-state index in [2.05, 4.69) is 31.9 Å². The van der Waals surface area contributed by atoms with Gasteiger partial charge in [-0.2, -0.15) is 0 Å². The molecule has 0 unspecified atom stereocenters. The summed E-state index contributed by atoms with van der Waals surface area (Å²) < 4.78 is 12.7. The van der Waals surface area contributed by atoms with Crippen LogP contribution in [0.5, 0.6) is 5.75 Å². The molecule has 0 radical (unpaired) electrons. The number of para-hydroxylation sites is 2. The van der Waals surface area contributed by atoms with E-state index in [-0.39, 0.29) is 12.4 Å². The molecule has 0 saturated heterocycles. The summed E-state index contributed by atoms with van der Waals surface area (Å²) in [6.07, 6.45) is 0. The highest BCUT2D eigenvalue weighted by atomic mass is 79.9. The van der Waals surface area contributed by atoms with Gasteiger partial charge in [0.15, 0.2) is 12.4 Å². The van der Waals surface area contributed by atoms with Gasteiger partial charge in [0, 0.05) is 5.39 Å². The van der Waals surface area contributed by atoms with Gasteiger partial charge in [0.1, 0.15) is 11.3 Å². The van der Waals surface area contributed by atoms with Crippen molar-refractivity contribution >= 4 is 48.6 Å². The normalized spacial score (nSPS) is 10.8. The van der Waals surface area contributed by atoms with Crippen molar-refractivity contribution < 1.29 is 13.9 Å². The molecule has 0 spiro atoms. The van der Waals surface area contributed by atoms with E-state index in [1.165, 1.54) is 0 Å². The lowest BCUT2D eigenvalue weighted by molar-refractivity contribution is 0.0895. The molecule has 106 valence electrons. The van der Waals surface area contributed by atoms with Gasteiger partial charge >= 0.3 is 0 Å². The van der Waals surface area contributed by atoms with Gasteiger partial charge in [0.05, 0.1) is 8.95 Å². The van der Waals surface area contributed by atoms with Crippen LogP contribution in [0, 0.1) is 0 Å². The quantitative estimate of drug-likeness (QED) is 0.554. The van der Waals surface area contributed by atoms with Gasteiger partial charge in [-0.25, -0.2) is 0 Å². The molecule has 1 heterocycles. The number of fused-ring (bicyclic) bond motifs is 1. The summed E-state index contributed by atoms with van der Waals surface area (Å²) in [5.41, 5.74) is 0.697. The van der Waals surface area contributed by atoms with Crippen LogP contribution < -0.4 is 4.74 Å². The Morgan fingerprint density at radius 1 is 1.05 bits per heavy atom. The zero-order valence-corrected chi connectivity index (χ0v) is 14.0. The third-order valence-electron chi connectivity index (χ3n) is 2.97. The molecule has 3 aromatic rings. The van der Waals surface area contributed by atoms with Crippen LogP contribution in [0.15, 0.2) is 61.9 Å². The number of furan rings is 1. The Morgan fingerprint density at radius 2 is 1.76 bits per heavy atom. The van der Waals surface area contributed by atoms with E-state index in [0.29, 0.717) is 17.1 Å². The van der Waals surface area contributed by atoms with Gasteiger partial charge in [-0.15, -0.1) is 0 Å². The predicted molar refractivity (Wildman–Crippen MR) is 87.9 cm³/mol. The van der Waals surface area contributed by atoms with Crippen molar-refractivity contribution in [2.45, 2.75) is 0 Å². The number of Topliss-reactive ketones (excluding diaryl/α,β-unsaturated/α-hetero) is 1. The van der Waals surface area contributed by atoms with Crippen LogP contribution in [0.3, 0.4) is 0 Å². The summed E-state index contributed by atoms with van der Waals surface area (Å²) in [7, 11) is 0. The summed E-state index contributed by atoms with van der Waals surface area (Å²) in [5, 5.41) is 0.905. The minimum absolute atomic E-state index is 0.0823. The number of ketones is 1. The second-order valence-corrected chi connectivity index (χ2v) is 6.12. The van der Waals surface area contributed by atoms with Gasteiger partial charge in [0.2, 0.25) is 5.78 Å². The Hall–Kier alpha value is -1.59. The topological polar surface area (TPSA) is 39.4 Å². The minimum atomic E-state index is -0.200. The number of hydrogen-bond donors (Lipinski definition) is 0. The zero-order valence-electron chi connectivity index (χ0n) is 10.8. The van der Waals surface area contributed by atoms with Crippen LogP contribution >= 0.6 is 31.9 Å². The van der Waals surface area contributed by atoms with Crippen LogP contribution in [0.1, 0.15) is 10.6 Å². The van der Waals surface area contributed by atoms with Crippen LogP contribution in [0.4, 0.5) is 0 Å². The van der Waals surface area contributed by atoms with E-state index < -0.39 is 0 Å². The molecule has 21 heavy (non-hydrogen) atoms. The SMILES string of the molecule is O=C(COc1c(Br)cccc1Br)c1cc2ccccc2o1. The average molecular weight is 410 g/mol. The fraction of sp³-hybridized carbons (Fsp3) is 0.0625. The van der Waals surface area contributed by atoms with Crippen molar-refractivity contribution in [1.82, 2.24) is 0 Å². The molecule has 3 nitrogen and oxygen atoms in total. The zero-order chi connectivity index (χ0) is 14.8. The summed E-state index contributed by atoms with van der Waals surface area (Å²) in [4.78, 5) is 12.2. The van der Waals surface area contributed by atoms with E-state index in [1.807, 2.05) is 42.5 Å². The first-order valence-corrected chi connectivity index (χ1v) is 7.82. The van der Waals surface area contributed by atoms with E-state index in [0.717, 1.165) is 14.3 Å². The molecular weight excluding hydrogens is 400 g/mol. The molecule has 0 N–H and O–H groups in total. The Morgan fingerprint density at radius 3 is 2.48 bits per heavy atom. The molecule has 0 aliphatic carbocycles. The van der Waals surface area contributed by atoms with Gasteiger partial charge in [-0.1, -0.05) is 24.3 Å². The highest BCUT2D eigenvalue weighted by Gasteiger charge is 2.14. The molecule has 0 aliphatic rings. The van der Waals surface area contributed by atoms with Crippen molar-refractivity contribution in [1.29, 1.82) is 0 Å². The Balaban J connectivity index is 1.77. The van der Waals surface area contributed by atoms with E-state index >= 15 is 0 Å². The molecule has 0 atom stereocenters. The molecule has 2 aromatic carbocycles. The van der Waals surface area contributed by atoms with Gasteiger partial charge in [-0.05, 0) is 56.1 Å². The van der Waals surface area contributed by atoms with Crippen LogP contribution in [-0.4, -0.2) is 12.4 Å². The second-order valence-electron chi connectivity index (χ2n) is 4.41. The molecule has 0 fully saturated rings. The number of ether oxygens (including phenoxy) is 1. The summed E-state index contributed by atoms with van der Waals surface area (Å²) >= 11 is 6.78. The first-order valence-electron chi connectivity index (χ1n) is 6.24. The monoisotopic (exact) mass is 408 g/mol. The lowest BCUT2D eigenvalue weighted by Crippen LogP contribution is -2.11. The second kappa shape index (κ2) is 6.03. The Bertz CT molecular complexity index is 755. The molecule has 1 aromatic heterocycles. The molecule has 0 aliphatic heterocycles. The van der Waals surface area contributed by atoms with Crippen molar-refractivity contribution in [2.75, 3.05) is 6.61 Å². The van der Waals surface area contributed by atoms with Crippen molar-refractivity contribution in [2.24, 2.45) is 0 Å². The average Bonchev–Trinajstić information content (AvgIpc) is 2.90. The smallest absolute Gasteiger partial charge is 0.235 e. The number of halogens is 2. The van der Waals surface area contributed by atoms with Crippen molar-refractivity contribution in [3.8, 4) is 5.75 Å². The first-order chi connectivity index (χ1) is 10.1. The molecular formula is C16H10Br2O3. The number of carbonyl (C=O) groups is 1. The van der Waals surface area contributed by atoms with Crippen LogP contribution in [0.25, 0.3) is 11.0 Å². The highest BCUT2D eigenvalue weighted by molar-refractivity contribution is 9.11. The lowest BCUT2D eigenvalue weighted by Gasteiger charge is -2.08. The van der Waals surface area contributed by atoms with Gasteiger partial charge in [0.25, 0.3) is 0 Å². The standard InChI is InChI=1S/C16H10Br2O3/c17-11-5-3-6-12(18)16(11)20-9-13(19)15-8-10-4-1-2-7-14(10)21-15/h1-8H,9H2.